The van der Waals surface area contributed by atoms with E-state index in [9.17, 15) is 4.79 Å². The van der Waals surface area contributed by atoms with Crippen LogP contribution in [0.25, 0.3) is 0 Å². The number of benzene rings is 1. The molecule has 22 heavy (non-hydrogen) atoms. The van der Waals surface area contributed by atoms with Crippen molar-refractivity contribution in [3.05, 3.63) is 34.9 Å². The molecule has 1 aromatic carbocycles. The number of nitrogens with two attached hydrogens (primary N) is 1. The first-order valence-corrected chi connectivity index (χ1v) is 8.18. The van der Waals surface area contributed by atoms with Crippen LogP contribution in [0.1, 0.15) is 45.1 Å². The van der Waals surface area contributed by atoms with Crippen molar-refractivity contribution in [3.8, 4) is 0 Å². The molecule has 3 nitrogen and oxygen atoms in total. The molecule has 2 atom stereocenters. The molecule has 2 N–H and O–H groups in total. The Hall–Kier alpha value is -0.770. The van der Waals surface area contributed by atoms with Gasteiger partial charge in [-0.15, -0.1) is 12.4 Å². The molecule has 0 spiro atoms. The summed E-state index contributed by atoms with van der Waals surface area (Å²) in [6.45, 7) is 4.40. The highest BCUT2D eigenvalue weighted by atomic mass is 35.5. The summed E-state index contributed by atoms with van der Waals surface area (Å²) >= 11 is 6.26. The molecule has 0 saturated heterocycles. The molecule has 1 saturated carbocycles. The Balaban J connectivity index is 0.00000242. The number of halogens is 2. The molecule has 5 heteroatoms. The van der Waals surface area contributed by atoms with Crippen LogP contribution in [0.4, 0.5) is 0 Å². The quantitative estimate of drug-likeness (QED) is 0.876. The molecule has 1 amide bonds. The van der Waals surface area contributed by atoms with Crippen LogP contribution in [-0.2, 0) is 11.3 Å². The van der Waals surface area contributed by atoms with E-state index in [1.807, 2.05) is 43.0 Å². The van der Waals surface area contributed by atoms with Crippen molar-refractivity contribution in [2.45, 2.75) is 58.2 Å². The van der Waals surface area contributed by atoms with Crippen molar-refractivity contribution < 1.29 is 4.79 Å². The predicted octanol–water partition coefficient (Wildman–Crippen LogP) is 4.02. The second kappa shape index (κ2) is 8.76. The molecule has 124 valence electrons. The Morgan fingerprint density at radius 2 is 1.91 bits per heavy atom. The van der Waals surface area contributed by atoms with Crippen LogP contribution in [-0.4, -0.2) is 22.9 Å². The lowest BCUT2D eigenvalue weighted by Gasteiger charge is -2.33. The monoisotopic (exact) mass is 344 g/mol. The van der Waals surface area contributed by atoms with Crippen molar-refractivity contribution in [1.29, 1.82) is 0 Å². The Morgan fingerprint density at radius 3 is 2.45 bits per heavy atom. The summed E-state index contributed by atoms with van der Waals surface area (Å²) in [6.07, 6.45) is 4.57. The first-order chi connectivity index (χ1) is 10.0. The zero-order valence-electron chi connectivity index (χ0n) is 13.3. The Morgan fingerprint density at radius 1 is 1.32 bits per heavy atom. The van der Waals surface area contributed by atoms with Gasteiger partial charge in [0, 0.05) is 23.7 Å². The smallest absolute Gasteiger partial charge is 0.227 e. The van der Waals surface area contributed by atoms with Crippen LogP contribution in [0.5, 0.6) is 0 Å². The Kier molecular flexibility index (Phi) is 7.67. The van der Waals surface area contributed by atoms with Gasteiger partial charge in [0.1, 0.15) is 0 Å². The number of carbonyl (C=O) groups excluding carboxylic acids is 1. The second-order valence-electron chi connectivity index (χ2n) is 6.14. The van der Waals surface area contributed by atoms with E-state index < -0.39 is 0 Å². The summed E-state index contributed by atoms with van der Waals surface area (Å²) in [5.74, 6) is -0.00934. The van der Waals surface area contributed by atoms with Gasteiger partial charge < -0.3 is 10.6 Å². The number of rotatable bonds is 5. The van der Waals surface area contributed by atoms with Gasteiger partial charge in [-0.05, 0) is 31.4 Å². The van der Waals surface area contributed by atoms with Crippen LogP contribution in [0.2, 0.25) is 5.02 Å². The highest BCUT2D eigenvalue weighted by Crippen LogP contribution is 2.28. The minimum atomic E-state index is -0.159. The summed E-state index contributed by atoms with van der Waals surface area (Å²) in [7, 11) is 0. The molecule has 0 bridgehead atoms. The van der Waals surface area contributed by atoms with E-state index >= 15 is 0 Å². The lowest BCUT2D eigenvalue weighted by Crippen LogP contribution is -2.45. The van der Waals surface area contributed by atoms with Crippen molar-refractivity contribution in [2.75, 3.05) is 0 Å². The zero-order chi connectivity index (χ0) is 15.4. The van der Waals surface area contributed by atoms with Gasteiger partial charge in [0.15, 0.2) is 0 Å². The van der Waals surface area contributed by atoms with Gasteiger partial charge in [-0.1, -0.05) is 49.6 Å². The number of hydrogen-bond donors (Lipinski definition) is 1. The largest absolute Gasteiger partial charge is 0.335 e. The topological polar surface area (TPSA) is 46.3 Å². The van der Waals surface area contributed by atoms with E-state index in [4.69, 9.17) is 17.3 Å². The maximum absolute atomic E-state index is 12.8. The summed E-state index contributed by atoms with van der Waals surface area (Å²) in [4.78, 5) is 14.8. The van der Waals surface area contributed by atoms with E-state index in [0.29, 0.717) is 12.6 Å². The average molecular weight is 345 g/mol. The summed E-state index contributed by atoms with van der Waals surface area (Å²) in [5.41, 5.74) is 6.93. The summed E-state index contributed by atoms with van der Waals surface area (Å²) in [5, 5.41) is 0.724. The van der Waals surface area contributed by atoms with Crippen molar-refractivity contribution in [2.24, 2.45) is 11.7 Å². The van der Waals surface area contributed by atoms with Gasteiger partial charge in [-0.2, -0.15) is 0 Å². The number of amides is 1. The number of carbonyl (C=O) groups is 1. The Labute approximate surface area is 144 Å². The van der Waals surface area contributed by atoms with Gasteiger partial charge in [0.2, 0.25) is 5.91 Å². The van der Waals surface area contributed by atoms with Gasteiger partial charge in [-0.25, -0.2) is 0 Å². The normalized spacial score (nSPS) is 17.6. The summed E-state index contributed by atoms with van der Waals surface area (Å²) < 4.78 is 0. The fourth-order valence-electron chi connectivity index (χ4n) is 2.90. The molecule has 2 rings (SSSR count). The fourth-order valence-corrected chi connectivity index (χ4v) is 3.09. The molecule has 1 aliphatic rings. The fraction of sp³-hybridized carbons (Fsp3) is 0.588. The SMILES string of the molecule is CC(N)C(C)C(=O)N(Cc1ccccc1Cl)C1CCCC1.Cl. The van der Waals surface area contributed by atoms with E-state index in [1.54, 1.807) is 0 Å². The molecule has 0 aliphatic heterocycles. The molecule has 1 aliphatic carbocycles. The van der Waals surface area contributed by atoms with E-state index in [2.05, 4.69) is 0 Å². The van der Waals surface area contributed by atoms with Gasteiger partial charge in [0.25, 0.3) is 0 Å². The molecule has 1 aromatic rings. The van der Waals surface area contributed by atoms with Gasteiger partial charge >= 0.3 is 0 Å². The third kappa shape index (κ3) is 4.61. The van der Waals surface area contributed by atoms with Crippen molar-refractivity contribution in [3.63, 3.8) is 0 Å². The molecular formula is C17H26Cl2N2O. The highest BCUT2D eigenvalue weighted by Gasteiger charge is 2.31. The van der Waals surface area contributed by atoms with E-state index in [1.165, 1.54) is 12.8 Å². The van der Waals surface area contributed by atoms with Crippen LogP contribution >= 0.6 is 24.0 Å². The first-order valence-electron chi connectivity index (χ1n) is 7.80. The molecular weight excluding hydrogens is 319 g/mol. The molecule has 2 unspecified atom stereocenters. The minimum absolute atomic E-state index is 0. The third-order valence-electron chi connectivity index (χ3n) is 4.53. The van der Waals surface area contributed by atoms with Crippen molar-refractivity contribution in [1.82, 2.24) is 4.90 Å². The molecule has 0 radical (unpaired) electrons. The summed E-state index contributed by atoms with van der Waals surface area (Å²) in [6, 6.07) is 7.95. The minimum Gasteiger partial charge on any atom is -0.335 e. The maximum atomic E-state index is 12.8. The van der Waals surface area contributed by atoms with Crippen LogP contribution in [0, 0.1) is 5.92 Å². The predicted molar refractivity (Wildman–Crippen MR) is 94.3 cm³/mol. The number of nitrogens with zero attached hydrogens (tertiary/aromatic N) is 1. The number of hydrogen-bond acceptors (Lipinski definition) is 2. The van der Waals surface area contributed by atoms with Crippen LogP contribution in [0.3, 0.4) is 0 Å². The lowest BCUT2D eigenvalue weighted by molar-refractivity contribution is -0.138. The molecule has 1 fully saturated rings. The standard InChI is InChI=1S/C17H25ClN2O.ClH/c1-12(13(2)19)17(21)20(15-8-4-5-9-15)11-14-7-3-6-10-16(14)18;/h3,6-7,10,12-13,15H,4-5,8-9,11,19H2,1-2H3;1H. The van der Waals surface area contributed by atoms with Crippen molar-refractivity contribution >= 4 is 29.9 Å². The van der Waals surface area contributed by atoms with Gasteiger partial charge in [0.05, 0.1) is 5.92 Å². The van der Waals surface area contributed by atoms with Crippen LogP contribution in [0.15, 0.2) is 24.3 Å². The van der Waals surface area contributed by atoms with E-state index in [0.717, 1.165) is 23.4 Å². The average Bonchev–Trinajstić information content (AvgIpc) is 2.98. The van der Waals surface area contributed by atoms with Crippen LogP contribution < -0.4 is 5.73 Å². The second-order valence-corrected chi connectivity index (χ2v) is 6.55. The molecule has 0 heterocycles. The van der Waals surface area contributed by atoms with Gasteiger partial charge in [-0.3, -0.25) is 4.79 Å². The Bertz CT molecular complexity index is 487. The maximum Gasteiger partial charge on any atom is 0.227 e. The van der Waals surface area contributed by atoms with E-state index in [-0.39, 0.29) is 30.3 Å². The third-order valence-corrected chi connectivity index (χ3v) is 4.89. The zero-order valence-corrected chi connectivity index (χ0v) is 14.9. The molecule has 0 aromatic heterocycles. The highest BCUT2D eigenvalue weighted by molar-refractivity contribution is 6.31. The first kappa shape index (κ1) is 19.3. The lowest BCUT2D eigenvalue weighted by atomic mass is 10.0.